The van der Waals surface area contributed by atoms with Crippen molar-refractivity contribution in [1.29, 1.82) is 5.26 Å². The Morgan fingerprint density at radius 2 is 2.06 bits per heavy atom. The number of rotatable bonds is 5. The monoisotopic (exact) mass is 498 g/mol. The molecule has 1 aliphatic rings. The van der Waals surface area contributed by atoms with E-state index in [4.69, 9.17) is 26.6 Å². The van der Waals surface area contributed by atoms with Crippen LogP contribution in [0.3, 0.4) is 0 Å². The van der Waals surface area contributed by atoms with Crippen LogP contribution in [-0.2, 0) is 0 Å². The third-order valence-electron chi connectivity index (χ3n) is 5.37. The van der Waals surface area contributed by atoms with Gasteiger partial charge in [-0.25, -0.2) is 4.98 Å². The minimum absolute atomic E-state index is 0.0778. The van der Waals surface area contributed by atoms with Gasteiger partial charge in [0.1, 0.15) is 17.6 Å². The summed E-state index contributed by atoms with van der Waals surface area (Å²) >= 11 is 9.68. The Labute approximate surface area is 193 Å². The minimum atomic E-state index is -0.191. The third kappa shape index (κ3) is 4.81. The maximum Gasteiger partial charge on any atom is 0.282 e. The van der Waals surface area contributed by atoms with Gasteiger partial charge in [0, 0.05) is 10.4 Å². The predicted molar refractivity (Wildman–Crippen MR) is 125 cm³/mol. The van der Waals surface area contributed by atoms with E-state index in [1.807, 2.05) is 18.2 Å². The first kappa shape index (κ1) is 21.5. The van der Waals surface area contributed by atoms with Crippen LogP contribution in [0.4, 0.5) is 0 Å². The van der Waals surface area contributed by atoms with E-state index in [0.29, 0.717) is 33.1 Å². The van der Waals surface area contributed by atoms with Gasteiger partial charge in [0.25, 0.3) is 5.56 Å². The van der Waals surface area contributed by atoms with Crippen molar-refractivity contribution in [2.45, 2.75) is 38.0 Å². The number of ether oxygens (including phenoxy) is 1. The normalized spacial score (nSPS) is 14.7. The van der Waals surface area contributed by atoms with Crippen LogP contribution in [-0.4, -0.2) is 22.5 Å². The van der Waals surface area contributed by atoms with Gasteiger partial charge in [0.2, 0.25) is 0 Å². The summed E-state index contributed by atoms with van der Waals surface area (Å²) in [5.41, 5.74) is 1.20. The van der Waals surface area contributed by atoms with Crippen LogP contribution in [0.25, 0.3) is 10.9 Å². The summed E-state index contributed by atoms with van der Waals surface area (Å²) in [6.07, 6.45) is 7.06. The molecule has 1 aliphatic carbocycles. The molecular formula is C23H20BrClN4O2. The molecule has 1 fully saturated rings. The van der Waals surface area contributed by atoms with E-state index in [2.05, 4.69) is 21.0 Å². The van der Waals surface area contributed by atoms with Crippen LogP contribution < -0.4 is 10.3 Å². The van der Waals surface area contributed by atoms with Gasteiger partial charge in [-0.3, -0.25) is 4.79 Å². The molecular weight excluding hydrogens is 480 g/mol. The van der Waals surface area contributed by atoms with Gasteiger partial charge < -0.3 is 4.74 Å². The molecule has 0 amide bonds. The van der Waals surface area contributed by atoms with E-state index in [1.54, 1.807) is 30.5 Å². The fraction of sp³-hybridized carbons (Fsp3) is 0.304. The molecule has 1 aromatic heterocycles. The molecule has 0 radical (unpaired) electrons. The lowest BCUT2D eigenvalue weighted by Gasteiger charge is -2.22. The van der Waals surface area contributed by atoms with E-state index >= 15 is 0 Å². The predicted octanol–water partition coefficient (Wildman–Crippen LogP) is 5.64. The maximum atomic E-state index is 13.3. The fourth-order valence-corrected chi connectivity index (χ4v) is 4.46. The molecule has 0 spiro atoms. The Balaban J connectivity index is 1.76. The van der Waals surface area contributed by atoms with Crippen molar-refractivity contribution in [2.75, 3.05) is 6.61 Å². The number of hydrogen-bond acceptors (Lipinski definition) is 5. The quantitative estimate of drug-likeness (QED) is 0.425. The molecule has 158 valence electrons. The lowest BCUT2D eigenvalue weighted by atomic mass is 9.88. The number of fused-ring (bicyclic) bond motifs is 1. The Morgan fingerprint density at radius 1 is 1.26 bits per heavy atom. The summed E-state index contributed by atoms with van der Waals surface area (Å²) < 4.78 is 7.52. The summed E-state index contributed by atoms with van der Waals surface area (Å²) in [7, 11) is 0. The number of nitrogens with zero attached hydrogens (tertiary/aromatic N) is 4. The second-order valence-corrected chi connectivity index (χ2v) is 8.79. The number of hydrogen-bond donors (Lipinski definition) is 0. The lowest BCUT2D eigenvalue weighted by molar-refractivity contribution is 0.368. The van der Waals surface area contributed by atoms with Crippen molar-refractivity contribution in [2.24, 2.45) is 5.10 Å². The topological polar surface area (TPSA) is 80.3 Å². The molecule has 0 saturated heterocycles. The molecule has 0 N–H and O–H groups in total. The first-order valence-corrected chi connectivity index (χ1v) is 11.3. The molecule has 6 nitrogen and oxygen atoms in total. The number of benzene rings is 2. The van der Waals surface area contributed by atoms with Gasteiger partial charge in [0.05, 0.1) is 22.1 Å². The van der Waals surface area contributed by atoms with Gasteiger partial charge in [-0.1, -0.05) is 46.8 Å². The molecule has 0 atom stereocenters. The highest BCUT2D eigenvalue weighted by Crippen LogP contribution is 2.32. The number of aromatic nitrogens is 2. The third-order valence-corrected chi connectivity index (χ3v) is 6.16. The fourth-order valence-electron chi connectivity index (χ4n) is 3.85. The average Bonchev–Trinajstić information content (AvgIpc) is 2.78. The molecule has 3 aromatic rings. The van der Waals surface area contributed by atoms with Crippen LogP contribution in [0.1, 0.15) is 49.4 Å². The Hall–Kier alpha value is -2.69. The molecule has 2 aromatic carbocycles. The molecule has 8 heteroatoms. The Kier molecular flexibility index (Phi) is 6.69. The highest BCUT2D eigenvalue weighted by atomic mass is 79.9. The minimum Gasteiger partial charge on any atom is -0.477 e. The van der Waals surface area contributed by atoms with Crippen molar-refractivity contribution in [3.05, 3.63) is 67.6 Å². The largest absolute Gasteiger partial charge is 0.477 e. The van der Waals surface area contributed by atoms with E-state index in [0.717, 1.165) is 30.2 Å². The molecule has 0 bridgehead atoms. The van der Waals surface area contributed by atoms with Crippen LogP contribution in [0, 0.1) is 11.3 Å². The second-order valence-electron chi connectivity index (χ2n) is 7.46. The summed E-state index contributed by atoms with van der Waals surface area (Å²) in [5, 5.41) is 14.1. The average molecular weight is 500 g/mol. The first-order valence-electron chi connectivity index (χ1n) is 10.1. The smallest absolute Gasteiger partial charge is 0.282 e. The Morgan fingerprint density at radius 3 is 2.81 bits per heavy atom. The van der Waals surface area contributed by atoms with Gasteiger partial charge in [-0.05, 0) is 54.8 Å². The lowest BCUT2D eigenvalue weighted by Crippen LogP contribution is -2.25. The maximum absolute atomic E-state index is 13.3. The van der Waals surface area contributed by atoms with Crippen molar-refractivity contribution >= 4 is 44.6 Å². The SMILES string of the molecule is N#CCOc1ccc(C=Nn2c(C3CCCCC3)nc3ccc(Br)cc3c2=O)cc1Cl. The van der Waals surface area contributed by atoms with E-state index in [-0.39, 0.29) is 18.1 Å². The zero-order chi connectivity index (χ0) is 21.8. The van der Waals surface area contributed by atoms with Gasteiger partial charge in [0.15, 0.2) is 6.61 Å². The van der Waals surface area contributed by atoms with Crippen molar-refractivity contribution in [1.82, 2.24) is 9.66 Å². The highest BCUT2D eigenvalue weighted by Gasteiger charge is 2.22. The van der Waals surface area contributed by atoms with Gasteiger partial charge in [-0.2, -0.15) is 15.0 Å². The molecule has 0 unspecified atom stereocenters. The van der Waals surface area contributed by atoms with E-state index < -0.39 is 0 Å². The van der Waals surface area contributed by atoms with Crippen molar-refractivity contribution < 1.29 is 4.74 Å². The zero-order valence-electron chi connectivity index (χ0n) is 16.7. The summed E-state index contributed by atoms with van der Waals surface area (Å²) in [6.45, 7) is -0.0778. The Bertz CT molecular complexity index is 1240. The standard InChI is InChI=1S/C23H20BrClN4O2/c24-17-7-8-20-18(13-17)23(30)29(22(28-20)16-4-2-1-3-5-16)27-14-15-6-9-21(19(25)12-15)31-11-10-26/h6-9,12-14,16H,1-5,11H2. The molecule has 31 heavy (non-hydrogen) atoms. The summed E-state index contributed by atoms with van der Waals surface area (Å²) in [5.74, 6) is 1.34. The van der Waals surface area contributed by atoms with Gasteiger partial charge >= 0.3 is 0 Å². The molecule has 1 heterocycles. The van der Waals surface area contributed by atoms with Crippen LogP contribution in [0.15, 0.2) is 50.8 Å². The van der Waals surface area contributed by atoms with Crippen LogP contribution in [0.2, 0.25) is 5.02 Å². The van der Waals surface area contributed by atoms with Crippen molar-refractivity contribution in [3.8, 4) is 11.8 Å². The summed E-state index contributed by atoms with van der Waals surface area (Å²) in [6, 6.07) is 12.6. The van der Waals surface area contributed by atoms with E-state index in [9.17, 15) is 4.79 Å². The molecule has 0 aliphatic heterocycles. The van der Waals surface area contributed by atoms with Crippen molar-refractivity contribution in [3.63, 3.8) is 0 Å². The van der Waals surface area contributed by atoms with E-state index in [1.165, 1.54) is 11.1 Å². The first-order chi connectivity index (χ1) is 15.1. The molecule has 4 rings (SSSR count). The second kappa shape index (κ2) is 9.63. The van der Waals surface area contributed by atoms with Crippen LogP contribution in [0.5, 0.6) is 5.75 Å². The summed E-state index contributed by atoms with van der Waals surface area (Å²) in [4.78, 5) is 18.1. The molecule has 1 saturated carbocycles. The number of nitriles is 1. The highest BCUT2D eigenvalue weighted by molar-refractivity contribution is 9.10. The van der Waals surface area contributed by atoms with Gasteiger partial charge in [-0.15, -0.1) is 0 Å². The van der Waals surface area contributed by atoms with Crippen LogP contribution >= 0.6 is 27.5 Å². The zero-order valence-corrected chi connectivity index (χ0v) is 19.1. The number of halogens is 2.